The summed E-state index contributed by atoms with van der Waals surface area (Å²) in [5.74, 6) is -0.0872. The molecular weight excluding hydrogens is 276 g/mol. The highest BCUT2D eigenvalue weighted by Crippen LogP contribution is 2.41. The second kappa shape index (κ2) is 4.47. The maximum Gasteiger partial charge on any atom is 0.232 e. The van der Waals surface area contributed by atoms with Gasteiger partial charge in [0.05, 0.1) is 6.26 Å². The average molecular weight is 290 g/mol. The molecule has 1 aromatic heterocycles. The lowest BCUT2D eigenvalue weighted by atomic mass is 9.70. The summed E-state index contributed by atoms with van der Waals surface area (Å²) in [4.78, 5) is 11.9. The molecule has 18 heavy (non-hydrogen) atoms. The molecule has 1 saturated carbocycles. The van der Waals surface area contributed by atoms with Gasteiger partial charge in [-0.3, -0.25) is 14.8 Å². The van der Waals surface area contributed by atoms with Gasteiger partial charge in [0.25, 0.3) is 0 Å². The number of hydrogen-bond donors (Lipinski definition) is 2. The van der Waals surface area contributed by atoms with Crippen LogP contribution in [0.4, 0.5) is 10.3 Å². The van der Waals surface area contributed by atoms with E-state index in [1.165, 1.54) is 0 Å². The van der Waals surface area contributed by atoms with Crippen LogP contribution in [0.5, 0.6) is 0 Å². The molecule has 0 bridgehead atoms. The Balaban J connectivity index is 2.00. The number of carbonyl (C=O) groups is 1. The van der Waals surface area contributed by atoms with Gasteiger partial charge in [-0.15, -0.1) is 10.2 Å². The quantitative estimate of drug-likeness (QED) is 0.862. The molecule has 0 saturated heterocycles. The van der Waals surface area contributed by atoms with Crippen LogP contribution >= 0.6 is 11.3 Å². The number of nitrogens with one attached hydrogen (secondary N) is 2. The summed E-state index contributed by atoms with van der Waals surface area (Å²) in [6.45, 7) is 1.91. The molecule has 7 nitrogen and oxygen atoms in total. The van der Waals surface area contributed by atoms with Gasteiger partial charge < -0.3 is 0 Å². The standard InChI is InChI=1S/C9H14N4O3S2/c1-9(4-3-5-9)6(14)10-7-11-12-8(17-7)13-18(2,15)16/h3-5H2,1-2H3,(H,12,13)(H,10,11,14). The Kier molecular flexibility index (Phi) is 3.28. The molecule has 1 aliphatic carbocycles. The van der Waals surface area contributed by atoms with E-state index >= 15 is 0 Å². The van der Waals surface area contributed by atoms with Crippen LogP contribution in [-0.4, -0.2) is 30.8 Å². The third kappa shape index (κ3) is 2.96. The molecule has 1 aromatic rings. The predicted molar refractivity (Wildman–Crippen MR) is 69.0 cm³/mol. The van der Waals surface area contributed by atoms with E-state index in [0.717, 1.165) is 36.9 Å². The molecule has 1 heterocycles. The second-order valence-corrected chi connectivity index (χ2v) is 7.38. The molecule has 1 aliphatic rings. The highest BCUT2D eigenvalue weighted by molar-refractivity contribution is 7.92. The van der Waals surface area contributed by atoms with Crippen molar-refractivity contribution in [3.8, 4) is 0 Å². The van der Waals surface area contributed by atoms with Gasteiger partial charge in [-0.1, -0.05) is 24.7 Å². The van der Waals surface area contributed by atoms with Crippen molar-refractivity contribution in [1.29, 1.82) is 0 Å². The molecule has 0 unspecified atom stereocenters. The van der Waals surface area contributed by atoms with Crippen molar-refractivity contribution in [2.24, 2.45) is 5.41 Å². The monoisotopic (exact) mass is 290 g/mol. The second-order valence-electron chi connectivity index (χ2n) is 4.65. The SMILES string of the molecule is CC1(C(=O)Nc2nnc(NS(C)(=O)=O)s2)CCC1. The van der Waals surface area contributed by atoms with Crippen LogP contribution in [-0.2, 0) is 14.8 Å². The number of nitrogens with zero attached hydrogens (tertiary/aromatic N) is 2. The zero-order valence-electron chi connectivity index (χ0n) is 10.1. The lowest BCUT2D eigenvalue weighted by Crippen LogP contribution is -2.39. The van der Waals surface area contributed by atoms with E-state index in [1.807, 2.05) is 6.92 Å². The molecule has 1 fully saturated rings. The van der Waals surface area contributed by atoms with Crippen molar-refractivity contribution in [2.75, 3.05) is 16.3 Å². The minimum atomic E-state index is -3.37. The number of anilines is 2. The van der Waals surface area contributed by atoms with Crippen LogP contribution < -0.4 is 10.0 Å². The molecule has 2 N–H and O–H groups in total. The number of aromatic nitrogens is 2. The summed E-state index contributed by atoms with van der Waals surface area (Å²) in [6, 6.07) is 0. The van der Waals surface area contributed by atoms with Gasteiger partial charge >= 0.3 is 0 Å². The normalized spacial score (nSPS) is 17.9. The third-order valence-corrected chi connectivity index (χ3v) is 4.37. The van der Waals surface area contributed by atoms with Gasteiger partial charge in [-0.2, -0.15) is 0 Å². The van der Waals surface area contributed by atoms with Crippen LogP contribution in [0.25, 0.3) is 0 Å². The molecule has 0 atom stereocenters. The Morgan fingerprint density at radius 3 is 2.44 bits per heavy atom. The van der Waals surface area contributed by atoms with Crippen molar-refractivity contribution in [3.63, 3.8) is 0 Å². The number of rotatable bonds is 4. The highest BCUT2D eigenvalue weighted by atomic mass is 32.2. The van der Waals surface area contributed by atoms with Gasteiger partial charge in [-0.05, 0) is 12.8 Å². The Morgan fingerprint density at radius 1 is 1.33 bits per heavy atom. The Labute approximate surface area is 109 Å². The Hall–Kier alpha value is -1.22. The topological polar surface area (TPSA) is 101 Å². The summed E-state index contributed by atoms with van der Waals surface area (Å²) in [5, 5.41) is 10.5. The first-order chi connectivity index (χ1) is 8.28. The van der Waals surface area contributed by atoms with Crippen LogP contribution in [0.2, 0.25) is 0 Å². The number of amides is 1. The molecule has 9 heteroatoms. The summed E-state index contributed by atoms with van der Waals surface area (Å²) >= 11 is 0.994. The lowest BCUT2D eigenvalue weighted by Gasteiger charge is -2.35. The van der Waals surface area contributed by atoms with Crippen molar-refractivity contribution >= 4 is 37.5 Å². The molecule has 0 radical (unpaired) electrons. The zero-order valence-corrected chi connectivity index (χ0v) is 11.7. The fraction of sp³-hybridized carbons (Fsp3) is 0.667. The first-order valence-corrected chi connectivity index (χ1v) is 8.12. The van der Waals surface area contributed by atoms with Crippen LogP contribution in [0.1, 0.15) is 26.2 Å². The van der Waals surface area contributed by atoms with E-state index < -0.39 is 10.0 Å². The van der Waals surface area contributed by atoms with E-state index in [4.69, 9.17) is 0 Å². The maximum absolute atomic E-state index is 11.9. The summed E-state index contributed by atoms with van der Waals surface area (Å²) < 4.78 is 24.2. The van der Waals surface area contributed by atoms with Gasteiger partial charge in [0, 0.05) is 5.41 Å². The molecule has 1 amide bonds. The summed E-state index contributed by atoms with van der Waals surface area (Å²) in [5.41, 5.74) is -0.323. The van der Waals surface area contributed by atoms with E-state index in [-0.39, 0.29) is 16.5 Å². The van der Waals surface area contributed by atoms with Crippen molar-refractivity contribution in [1.82, 2.24) is 10.2 Å². The highest BCUT2D eigenvalue weighted by Gasteiger charge is 2.39. The lowest BCUT2D eigenvalue weighted by molar-refractivity contribution is -0.128. The Bertz CT molecular complexity index is 562. The van der Waals surface area contributed by atoms with Crippen LogP contribution in [0, 0.1) is 5.41 Å². The van der Waals surface area contributed by atoms with E-state index in [9.17, 15) is 13.2 Å². The Morgan fingerprint density at radius 2 is 1.94 bits per heavy atom. The summed E-state index contributed by atoms with van der Waals surface area (Å²) in [7, 11) is -3.37. The molecule has 0 spiro atoms. The fourth-order valence-electron chi connectivity index (χ4n) is 1.66. The largest absolute Gasteiger partial charge is 0.300 e. The molecule has 2 rings (SSSR count). The predicted octanol–water partition coefficient (Wildman–Crippen LogP) is 1.04. The van der Waals surface area contributed by atoms with Crippen LogP contribution in [0.15, 0.2) is 0 Å². The van der Waals surface area contributed by atoms with Crippen molar-refractivity contribution in [2.45, 2.75) is 26.2 Å². The van der Waals surface area contributed by atoms with E-state index in [0.29, 0.717) is 5.13 Å². The van der Waals surface area contributed by atoms with Gasteiger partial charge in [0.2, 0.25) is 26.2 Å². The van der Waals surface area contributed by atoms with Crippen molar-refractivity contribution < 1.29 is 13.2 Å². The maximum atomic E-state index is 11.9. The van der Waals surface area contributed by atoms with Gasteiger partial charge in [-0.25, -0.2) is 8.42 Å². The van der Waals surface area contributed by atoms with Gasteiger partial charge in [0.15, 0.2) is 0 Å². The minimum absolute atomic E-state index is 0.0872. The van der Waals surface area contributed by atoms with Crippen molar-refractivity contribution in [3.05, 3.63) is 0 Å². The first kappa shape index (κ1) is 13.2. The summed E-state index contributed by atoms with van der Waals surface area (Å²) in [6.07, 6.45) is 3.82. The van der Waals surface area contributed by atoms with Crippen LogP contribution in [0.3, 0.4) is 0 Å². The number of carbonyl (C=O) groups excluding carboxylic acids is 1. The molecule has 0 aliphatic heterocycles. The molecule has 0 aromatic carbocycles. The molecule has 100 valence electrons. The third-order valence-electron chi connectivity index (χ3n) is 2.92. The number of sulfonamides is 1. The zero-order chi connectivity index (χ0) is 13.4. The molecular formula is C9H14N4O3S2. The fourth-order valence-corrected chi connectivity index (χ4v) is 3.12. The number of hydrogen-bond acceptors (Lipinski definition) is 6. The van der Waals surface area contributed by atoms with E-state index in [1.54, 1.807) is 0 Å². The minimum Gasteiger partial charge on any atom is -0.300 e. The van der Waals surface area contributed by atoms with Gasteiger partial charge in [0.1, 0.15) is 0 Å². The average Bonchev–Trinajstić information content (AvgIpc) is 2.58. The smallest absolute Gasteiger partial charge is 0.232 e. The first-order valence-electron chi connectivity index (χ1n) is 5.41. The van der Waals surface area contributed by atoms with E-state index in [2.05, 4.69) is 20.2 Å².